The van der Waals surface area contributed by atoms with Gasteiger partial charge in [0.1, 0.15) is 28.7 Å². The van der Waals surface area contributed by atoms with Crippen molar-refractivity contribution in [2.45, 2.75) is 77.0 Å². The summed E-state index contributed by atoms with van der Waals surface area (Å²) in [6, 6.07) is 34.0. The molecule has 402 valence electrons. The van der Waals surface area contributed by atoms with Crippen molar-refractivity contribution in [3.8, 4) is 28.7 Å². The van der Waals surface area contributed by atoms with E-state index < -0.39 is 29.8 Å². The number of rotatable bonds is 34. The van der Waals surface area contributed by atoms with Crippen LogP contribution in [0.4, 0.5) is 5.69 Å². The molecule has 0 aliphatic carbocycles. The number of nitrogens with one attached hydrogen (secondary N) is 1. The highest BCUT2D eigenvalue weighted by Gasteiger charge is 2.21. The average molecular weight is 1050 g/mol. The van der Waals surface area contributed by atoms with Crippen molar-refractivity contribution in [1.29, 1.82) is 0 Å². The first-order valence-corrected chi connectivity index (χ1v) is 25.9. The molecule has 77 heavy (non-hydrogen) atoms. The number of carbonyl (C=O) groups excluding carboxylic acids is 5. The summed E-state index contributed by atoms with van der Waals surface area (Å²) in [6.45, 7) is 12.5. The van der Waals surface area contributed by atoms with Crippen LogP contribution in [0.1, 0.15) is 103 Å². The van der Waals surface area contributed by atoms with Crippen molar-refractivity contribution in [2.75, 3.05) is 45.1 Å². The summed E-state index contributed by atoms with van der Waals surface area (Å²) >= 11 is 0. The second-order valence-corrected chi connectivity index (χ2v) is 17.7. The molecule has 0 radical (unpaired) electrons. The van der Waals surface area contributed by atoms with Crippen LogP contribution in [0.5, 0.6) is 28.7 Å². The van der Waals surface area contributed by atoms with Crippen molar-refractivity contribution < 1.29 is 61.9 Å². The number of ether oxygens (including phenoxy) is 8. The number of hydrogen-bond acceptors (Lipinski definition) is 15. The van der Waals surface area contributed by atoms with Crippen LogP contribution in [0, 0.1) is 0 Å². The summed E-state index contributed by atoms with van der Waals surface area (Å²) in [5, 5.41) is 7.53. The Kier molecular flexibility index (Phi) is 23.8. The Balaban J connectivity index is 1.22. The molecule has 0 atom stereocenters. The summed E-state index contributed by atoms with van der Waals surface area (Å²) in [5.74, 6) is -0.617. The zero-order valence-corrected chi connectivity index (χ0v) is 43.4. The number of nitrogens with zero attached hydrogens (tertiary/aromatic N) is 1. The lowest BCUT2D eigenvalue weighted by Gasteiger charge is -2.16. The van der Waals surface area contributed by atoms with Crippen LogP contribution in [0.3, 0.4) is 0 Å². The van der Waals surface area contributed by atoms with E-state index in [4.69, 9.17) is 37.9 Å². The van der Waals surface area contributed by atoms with Gasteiger partial charge in [-0.2, -0.15) is 5.10 Å². The van der Waals surface area contributed by atoms with E-state index in [0.29, 0.717) is 85.3 Å². The van der Waals surface area contributed by atoms with E-state index in [0.717, 1.165) is 99.6 Å². The van der Waals surface area contributed by atoms with Gasteiger partial charge in [-0.1, -0.05) is 50.1 Å². The highest BCUT2D eigenvalue weighted by Crippen LogP contribution is 2.39. The summed E-state index contributed by atoms with van der Waals surface area (Å²) < 4.78 is 45.7. The van der Waals surface area contributed by atoms with Gasteiger partial charge in [0.25, 0.3) is 0 Å². The SMILES string of the molecule is C=CC(=O)OCCCCCCOc1ccc(C(=O)Oc2cc(/C=N/Nc3ccc4ccccc4c3)c(OC(=O)c3ccc(OCCCCCCOC(=O)C=C)cc3)c3cc(OCCCCCCOC(=O)C=C)ccc23)cc1. The Morgan fingerprint density at radius 3 is 1.40 bits per heavy atom. The fourth-order valence-corrected chi connectivity index (χ4v) is 7.81. The number of unbranched alkanes of at least 4 members (excludes halogenated alkanes) is 9. The summed E-state index contributed by atoms with van der Waals surface area (Å²) in [7, 11) is 0. The minimum absolute atomic E-state index is 0.144. The molecule has 0 heterocycles. The van der Waals surface area contributed by atoms with Crippen molar-refractivity contribution in [3.63, 3.8) is 0 Å². The van der Waals surface area contributed by atoms with Gasteiger partial charge in [0.2, 0.25) is 0 Å². The maximum atomic E-state index is 14.2. The predicted octanol–water partition coefficient (Wildman–Crippen LogP) is 12.9. The minimum Gasteiger partial charge on any atom is -0.494 e. The van der Waals surface area contributed by atoms with Crippen LogP contribution < -0.4 is 29.1 Å². The monoisotopic (exact) mass is 1050 g/mol. The van der Waals surface area contributed by atoms with Crippen LogP contribution in [-0.4, -0.2) is 75.7 Å². The van der Waals surface area contributed by atoms with Gasteiger partial charge in [-0.25, -0.2) is 24.0 Å². The Labute approximate surface area is 449 Å². The number of esters is 5. The van der Waals surface area contributed by atoms with Crippen molar-refractivity contribution in [3.05, 3.63) is 170 Å². The van der Waals surface area contributed by atoms with Crippen molar-refractivity contribution in [2.24, 2.45) is 5.10 Å². The van der Waals surface area contributed by atoms with Crippen LogP contribution >= 0.6 is 0 Å². The Bertz CT molecular complexity index is 2970. The molecule has 0 aliphatic heterocycles. The van der Waals surface area contributed by atoms with Crippen molar-refractivity contribution >= 4 is 63.3 Å². The van der Waals surface area contributed by atoms with Gasteiger partial charge in [-0.15, -0.1) is 0 Å². The second-order valence-electron chi connectivity index (χ2n) is 17.7. The van der Waals surface area contributed by atoms with Crippen LogP contribution in [-0.2, 0) is 28.6 Å². The zero-order chi connectivity index (χ0) is 54.5. The van der Waals surface area contributed by atoms with Gasteiger partial charge in [0.05, 0.1) is 62.7 Å². The maximum absolute atomic E-state index is 14.2. The highest BCUT2D eigenvalue weighted by molar-refractivity contribution is 6.06. The lowest BCUT2D eigenvalue weighted by atomic mass is 10.0. The summed E-state index contributed by atoms with van der Waals surface area (Å²) in [4.78, 5) is 62.0. The van der Waals surface area contributed by atoms with Gasteiger partial charge in [0.15, 0.2) is 0 Å². The molecule has 0 spiro atoms. The molecule has 0 aliphatic rings. The van der Waals surface area contributed by atoms with Gasteiger partial charge in [-0.05, 0) is 173 Å². The van der Waals surface area contributed by atoms with E-state index >= 15 is 0 Å². The molecule has 0 unspecified atom stereocenters. The number of benzene rings is 6. The van der Waals surface area contributed by atoms with E-state index in [2.05, 4.69) is 30.3 Å². The first-order chi connectivity index (χ1) is 37.6. The molecule has 0 fully saturated rings. The molecule has 0 aromatic heterocycles. The summed E-state index contributed by atoms with van der Waals surface area (Å²) in [6.07, 6.45) is 14.7. The molecule has 15 nitrogen and oxygen atoms in total. The van der Waals surface area contributed by atoms with Gasteiger partial charge in [-0.3, -0.25) is 5.43 Å². The smallest absolute Gasteiger partial charge is 0.343 e. The molecular weight excluding hydrogens is 981 g/mol. The van der Waals surface area contributed by atoms with E-state index in [1.165, 1.54) is 6.21 Å². The molecule has 0 amide bonds. The third-order valence-electron chi connectivity index (χ3n) is 11.9. The summed E-state index contributed by atoms with van der Waals surface area (Å²) in [5.41, 5.74) is 4.66. The molecule has 0 saturated carbocycles. The minimum atomic E-state index is -0.657. The average Bonchev–Trinajstić information content (AvgIpc) is 3.47. The molecule has 0 saturated heterocycles. The Hall–Kier alpha value is -8.72. The van der Waals surface area contributed by atoms with Crippen LogP contribution in [0.2, 0.25) is 0 Å². The molecular formula is C62H66N2O13. The quantitative estimate of drug-likeness (QED) is 0.00766. The van der Waals surface area contributed by atoms with Crippen LogP contribution in [0.15, 0.2) is 158 Å². The first-order valence-electron chi connectivity index (χ1n) is 25.9. The number of hydrogen-bond donors (Lipinski definition) is 1. The van der Waals surface area contributed by atoms with Gasteiger partial charge < -0.3 is 37.9 Å². The maximum Gasteiger partial charge on any atom is 0.343 e. The second kappa shape index (κ2) is 31.9. The standard InChI is InChI=1S/C62H66N2O13/c1-4-57(65)73-38-18-10-7-15-35-70-51-29-24-46(25-30-51)61(68)76-56-42-49(44-63-64-50-28-23-45-21-13-14-22-48(45)41-50)60(55-43-53(33-34-54(55)56)72-37-17-9-12-20-40-75-59(67)6-3)77-62(69)47-26-31-52(32-27-47)71-36-16-8-11-19-39-74-58(66)5-2/h4-6,13-14,21-34,41-44,64H,1-3,7-12,15-20,35-40H2/b63-44+. The number of fused-ring (bicyclic) bond motifs is 2. The van der Waals surface area contributed by atoms with E-state index in [1.807, 2.05) is 42.5 Å². The number of anilines is 1. The highest BCUT2D eigenvalue weighted by atomic mass is 16.6. The molecule has 1 N–H and O–H groups in total. The zero-order valence-electron chi connectivity index (χ0n) is 43.4. The van der Waals surface area contributed by atoms with Gasteiger partial charge >= 0.3 is 29.8 Å². The third kappa shape index (κ3) is 19.5. The molecule has 0 bridgehead atoms. The molecule has 15 heteroatoms. The molecule has 6 rings (SSSR count). The lowest BCUT2D eigenvalue weighted by molar-refractivity contribution is -0.138. The van der Waals surface area contributed by atoms with E-state index in [9.17, 15) is 24.0 Å². The van der Waals surface area contributed by atoms with Gasteiger partial charge in [0, 0.05) is 34.6 Å². The number of hydrazone groups is 1. The largest absolute Gasteiger partial charge is 0.494 e. The third-order valence-corrected chi connectivity index (χ3v) is 11.9. The fourth-order valence-electron chi connectivity index (χ4n) is 7.81. The Morgan fingerprint density at radius 1 is 0.442 bits per heavy atom. The fraction of sp³-hybridized carbons (Fsp3) is 0.290. The Morgan fingerprint density at radius 2 is 0.896 bits per heavy atom. The predicted molar refractivity (Wildman–Crippen MR) is 297 cm³/mol. The number of carbonyl (C=O) groups is 5. The van der Waals surface area contributed by atoms with E-state index in [1.54, 1.807) is 72.8 Å². The van der Waals surface area contributed by atoms with E-state index in [-0.39, 0.29) is 22.6 Å². The molecule has 6 aromatic rings. The lowest BCUT2D eigenvalue weighted by Crippen LogP contribution is -2.12. The first kappa shape index (κ1) is 57.6. The molecule has 6 aromatic carbocycles. The van der Waals surface area contributed by atoms with Crippen molar-refractivity contribution in [1.82, 2.24) is 0 Å². The normalized spacial score (nSPS) is 10.9. The topological polar surface area (TPSA) is 184 Å². The van der Waals surface area contributed by atoms with Crippen LogP contribution in [0.25, 0.3) is 21.5 Å².